The molecule has 0 saturated heterocycles. The first-order valence-corrected chi connectivity index (χ1v) is 6.93. The van der Waals surface area contributed by atoms with E-state index in [1.807, 2.05) is 26.0 Å². The van der Waals surface area contributed by atoms with E-state index in [9.17, 15) is 4.79 Å². The second kappa shape index (κ2) is 8.20. The summed E-state index contributed by atoms with van der Waals surface area (Å²) in [7, 11) is 0. The van der Waals surface area contributed by atoms with Crippen LogP contribution in [0.25, 0.3) is 0 Å². The Kier molecular flexibility index (Phi) is 6.81. The first-order valence-electron chi connectivity index (χ1n) is 5.78. The fourth-order valence-electron chi connectivity index (χ4n) is 1.37. The highest BCUT2D eigenvalue weighted by Crippen LogP contribution is 2.13. The van der Waals surface area contributed by atoms with Crippen molar-refractivity contribution in [3.05, 3.63) is 24.2 Å². The van der Waals surface area contributed by atoms with Crippen LogP contribution in [0.5, 0.6) is 0 Å². The maximum atomic E-state index is 11.6. The number of nitrogens with one attached hydrogen (secondary N) is 1. The summed E-state index contributed by atoms with van der Waals surface area (Å²) < 4.78 is 10.2. The summed E-state index contributed by atoms with van der Waals surface area (Å²) in [6.45, 7) is 4.97. The summed E-state index contributed by atoms with van der Waals surface area (Å²) in [5.74, 6) is 2.21. The Morgan fingerprint density at radius 1 is 1.59 bits per heavy atom. The predicted molar refractivity (Wildman–Crippen MR) is 69.0 cm³/mol. The Hall–Kier alpha value is -0.940. The molecule has 0 spiro atoms. The highest BCUT2D eigenvalue weighted by Gasteiger charge is 2.18. The van der Waals surface area contributed by atoms with Gasteiger partial charge >= 0.3 is 5.97 Å². The molecule has 0 saturated carbocycles. The van der Waals surface area contributed by atoms with Crippen LogP contribution in [0.1, 0.15) is 19.6 Å². The number of hydrogen-bond acceptors (Lipinski definition) is 5. The van der Waals surface area contributed by atoms with E-state index in [-0.39, 0.29) is 12.0 Å². The van der Waals surface area contributed by atoms with Gasteiger partial charge in [-0.3, -0.25) is 4.79 Å². The molecule has 96 valence electrons. The van der Waals surface area contributed by atoms with Gasteiger partial charge < -0.3 is 14.5 Å². The van der Waals surface area contributed by atoms with E-state index in [1.54, 1.807) is 18.0 Å². The lowest BCUT2D eigenvalue weighted by atomic mass is 10.3. The first-order chi connectivity index (χ1) is 8.27. The maximum absolute atomic E-state index is 11.6. The third kappa shape index (κ3) is 5.28. The molecule has 0 aliphatic heterocycles. The quantitative estimate of drug-likeness (QED) is 0.722. The summed E-state index contributed by atoms with van der Waals surface area (Å²) in [5, 5.41) is 3.12. The summed E-state index contributed by atoms with van der Waals surface area (Å²) in [6, 6.07) is 3.56. The standard InChI is InChI=1S/C12H19NO3S/c1-3-13-11(12(14)15-4-2)9-17-8-10-6-5-7-16-10/h5-7,11,13H,3-4,8-9H2,1-2H3. The largest absolute Gasteiger partial charge is 0.468 e. The third-order valence-corrected chi connectivity index (χ3v) is 3.19. The Labute approximate surface area is 106 Å². The van der Waals surface area contributed by atoms with Gasteiger partial charge in [-0.1, -0.05) is 6.92 Å². The van der Waals surface area contributed by atoms with Crippen molar-refractivity contribution in [2.24, 2.45) is 0 Å². The van der Waals surface area contributed by atoms with Crippen LogP contribution in [0.2, 0.25) is 0 Å². The monoisotopic (exact) mass is 257 g/mol. The van der Waals surface area contributed by atoms with E-state index in [0.29, 0.717) is 12.4 Å². The number of likely N-dealkylation sites (N-methyl/N-ethyl adjacent to an activating group) is 1. The van der Waals surface area contributed by atoms with Crippen molar-refractivity contribution in [1.29, 1.82) is 0 Å². The molecule has 0 fully saturated rings. The molecule has 1 N–H and O–H groups in total. The minimum atomic E-state index is -0.236. The number of hydrogen-bond donors (Lipinski definition) is 1. The normalized spacial score (nSPS) is 12.4. The highest BCUT2D eigenvalue weighted by atomic mass is 32.2. The SMILES string of the molecule is CCNC(CSCc1ccco1)C(=O)OCC. The highest BCUT2D eigenvalue weighted by molar-refractivity contribution is 7.98. The summed E-state index contributed by atoms with van der Waals surface area (Å²) >= 11 is 1.66. The van der Waals surface area contributed by atoms with Crippen LogP contribution >= 0.6 is 11.8 Å². The smallest absolute Gasteiger partial charge is 0.323 e. The van der Waals surface area contributed by atoms with E-state index in [4.69, 9.17) is 9.15 Å². The molecule has 0 bridgehead atoms. The van der Waals surface area contributed by atoms with E-state index in [0.717, 1.165) is 18.1 Å². The van der Waals surface area contributed by atoms with Crippen LogP contribution in [0.4, 0.5) is 0 Å². The molecule has 5 heteroatoms. The van der Waals surface area contributed by atoms with E-state index in [1.165, 1.54) is 0 Å². The van der Waals surface area contributed by atoms with Gasteiger partial charge in [0.25, 0.3) is 0 Å². The Morgan fingerprint density at radius 3 is 3.00 bits per heavy atom. The third-order valence-electron chi connectivity index (χ3n) is 2.13. The minimum absolute atomic E-state index is 0.179. The predicted octanol–water partition coefficient (Wildman–Crippen LogP) is 2.05. The lowest BCUT2D eigenvalue weighted by Gasteiger charge is -2.15. The summed E-state index contributed by atoms with van der Waals surface area (Å²) in [5.41, 5.74) is 0. The molecule has 0 aliphatic rings. The average molecular weight is 257 g/mol. The van der Waals surface area contributed by atoms with Gasteiger partial charge in [-0.05, 0) is 25.6 Å². The van der Waals surface area contributed by atoms with Crippen LogP contribution in [0.15, 0.2) is 22.8 Å². The minimum Gasteiger partial charge on any atom is -0.468 e. The summed E-state index contributed by atoms with van der Waals surface area (Å²) in [4.78, 5) is 11.6. The number of esters is 1. The van der Waals surface area contributed by atoms with Gasteiger partial charge in [0, 0.05) is 5.75 Å². The Morgan fingerprint density at radius 2 is 2.41 bits per heavy atom. The Balaban J connectivity index is 2.31. The molecular formula is C12H19NO3S. The van der Waals surface area contributed by atoms with Crippen molar-refractivity contribution in [3.8, 4) is 0 Å². The molecule has 1 aromatic heterocycles. The molecule has 0 amide bonds. The first kappa shape index (κ1) is 14.1. The molecule has 0 radical (unpaired) electrons. The maximum Gasteiger partial charge on any atom is 0.323 e. The Bertz CT molecular complexity index is 314. The van der Waals surface area contributed by atoms with Gasteiger partial charge in [-0.15, -0.1) is 0 Å². The van der Waals surface area contributed by atoms with Crippen LogP contribution in [-0.4, -0.2) is 30.9 Å². The van der Waals surface area contributed by atoms with Gasteiger partial charge in [0.2, 0.25) is 0 Å². The van der Waals surface area contributed by atoms with Gasteiger partial charge in [0.15, 0.2) is 0 Å². The van der Waals surface area contributed by atoms with Crippen molar-refractivity contribution < 1.29 is 13.9 Å². The summed E-state index contributed by atoms with van der Waals surface area (Å²) in [6.07, 6.45) is 1.66. The second-order valence-electron chi connectivity index (χ2n) is 3.46. The topological polar surface area (TPSA) is 51.5 Å². The number of rotatable bonds is 8. The molecular weight excluding hydrogens is 238 g/mol. The van der Waals surface area contributed by atoms with Crippen molar-refractivity contribution in [2.45, 2.75) is 25.6 Å². The molecule has 4 nitrogen and oxygen atoms in total. The number of carbonyl (C=O) groups excluding carboxylic acids is 1. The van der Waals surface area contributed by atoms with Gasteiger partial charge in [-0.2, -0.15) is 11.8 Å². The van der Waals surface area contributed by atoms with E-state index < -0.39 is 0 Å². The van der Waals surface area contributed by atoms with Crippen LogP contribution < -0.4 is 5.32 Å². The molecule has 1 heterocycles. The zero-order chi connectivity index (χ0) is 12.5. The van der Waals surface area contributed by atoms with Crippen LogP contribution in [0.3, 0.4) is 0 Å². The molecule has 0 aliphatic carbocycles. The molecule has 1 unspecified atom stereocenters. The zero-order valence-electron chi connectivity index (χ0n) is 10.3. The molecule has 0 aromatic carbocycles. The van der Waals surface area contributed by atoms with Crippen molar-refractivity contribution >= 4 is 17.7 Å². The number of ether oxygens (including phenoxy) is 1. The van der Waals surface area contributed by atoms with Gasteiger partial charge in [-0.25, -0.2) is 0 Å². The van der Waals surface area contributed by atoms with Crippen LogP contribution in [-0.2, 0) is 15.3 Å². The number of thioether (sulfide) groups is 1. The van der Waals surface area contributed by atoms with E-state index >= 15 is 0 Å². The molecule has 1 atom stereocenters. The van der Waals surface area contributed by atoms with Crippen molar-refractivity contribution in [1.82, 2.24) is 5.32 Å². The average Bonchev–Trinajstić information content (AvgIpc) is 2.81. The number of furan rings is 1. The fraction of sp³-hybridized carbons (Fsp3) is 0.583. The second-order valence-corrected chi connectivity index (χ2v) is 4.49. The van der Waals surface area contributed by atoms with Crippen molar-refractivity contribution in [3.63, 3.8) is 0 Å². The lowest BCUT2D eigenvalue weighted by molar-refractivity contribution is -0.144. The molecule has 1 rings (SSSR count). The molecule has 17 heavy (non-hydrogen) atoms. The molecule has 1 aromatic rings. The van der Waals surface area contributed by atoms with Gasteiger partial charge in [0.1, 0.15) is 11.8 Å². The van der Waals surface area contributed by atoms with Crippen LogP contribution in [0, 0.1) is 0 Å². The van der Waals surface area contributed by atoms with Crippen molar-refractivity contribution in [2.75, 3.05) is 18.9 Å². The van der Waals surface area contributed by atoms with E-state index in [2.05, 4.69) is 5.32 Å². The lowest BCUT2D eigenvalue weighted by Crippen LogP contribution is -2.40. The fourth-order valence-corrected chi connectivity index (χ4v) is 2.34. The zero-order valence-corrected chi connectivity index (χ0v) is 11.1. The number of carbonyl (C=O) groups is 1. The van der Waals surface area contributed by atoms with Gasteiger partial charge in [0.05, 0.1) is 18.6 Å².